The summed E-state index contributed by atoms with van der Waals surface area (Å²) in [5.41, 5.74) is 0.700. The number of nitrogens with zero attached hydrogens (tertiary/aromatic N) is 1. The van der Waals surface area contributed by atoms with Gasteiger partial charge in [0.25, 0.3) is 0 Å². The van der Waals surface area contributed by atoms with Crippen LogP contribution in [-0.2, 0) is 11.2 Å². The minimum Gasteiger partial charge on any atom is -0.347 e. The van der Waals surface area contributed by atoms with Crippen molar-refractivity contribution in [2.45, 2.75) is 12.5 Å². The molecule has 0 aliphatic carbocycles. The molecule has 0 aliphatic heterocycles. The lowest BCUT2D eigenvalue weighted by atomic mass is 10.1. The molecule has 0 bridgehead atoms. The van der Waals surface area contributed by atoms with Gasteiger partial charge in [-0.2, -0.15) is 0 Å². The zero-order chi connectivity index (χ0) is 18.4. The summed E-state index contributed by atoms with van der Waals surface area (Å²) < 4.78 is 26.5. The predicted molar refractivity (Wildman–Crippen MR) is 91.1 cm³/mol. The average molecular weight is 347 g/mol. The maximum Gasteiger partial charge on any atom is 0.319 e. The maximum absolute atomic E-state index is 13.6. The van der Waals surface area contributed by atoms with Crippen LogP contribution >= 0.6 is 0 Å². The molecule has 0 radical (unpaired) electrons. The third-order valence-corrected chi connectivity index (χ3v) is 3.51. The number of benzene rings is 2. The fourth-order valence-corrected chi connectivity index (χ4v) is 2.27. The standard InChI is InChI=1S/C18H19F2N3O2/c1-23(2)17(24)16(10-12-6-4-3-5-7-12)22-18(25)21-15-9-8-13(19)11-14(15)20/h3-9,11,16H,10H2,1-2H3,(H2,21,22,25)/t16-/m0/s1. The SMILES string of the molecule is CN(C)C(=O)[C@H](Cc1ccccc1)NC(=O)Nc1ccc(F)cc1F. The molecule has 0 spiro atoms. The Bertz CT molecular complexity index is 751. The monoisotopic (exact) mass is 347 g/mol. The molecule has 0 aliphatic rings. The van der Waals surface area contributed by atoms with Crippen LogP contribution in [0, 0.1) is 11.6 Å². The Labute approximate surface area is 144 Å². The molecule has 0 fully saturated rings. The Hall–Kier alpha value is -2.96. The number of urea groups is 1. The van der Waals surface area contributed by atoms with Gasteiger partial charge in [-0.25, -0.2) is 13.6 Å². The summed E-state index contributed by atoms with van der Waals surface area (Å²) >= 11 is 0. The molecule has 2 aromatic carbocycles. The highest BCUT2D eigenvalue weighted by molar-refractivity contribution is 5.93. The van der Waals surface area contributed by atoms with Crippen molar-refractivity contribution in [3.05, 3.63) is 65.7 Å². The lowest BCUT2D eigenvalue weighted by Gasteiger charge is -2.22. The van der Waals surface area contributed by atoms with Crippen LogP contribution in [0.25, 0.3) is 0 Å². The smallest absolute Gasteiger partial charge is 0.319 e. The number of nitrogens with one attached hydrogen (secondary N) is 2. The lowest BCUT2D eigenvalue weighted by molar-refractivity contribution is -0.130. The molecule has 2 aromatic rings. The van der Waals surface area contributed by atoms with E-state index in [2.05, 4.69) is 10.6 Å². The number of halogens is 2. The highest BCUT2D eigenvalue weighted by Gasteiger charge is 2.23. The Balaban J connectivity index is 2.09. The molecule has 0 heterocycles. The van der Waals surface area contributed by atoms with Crippen molar-refractivity contribution < 1.29 is 18.4 Å². The van der Waals surface area contributed by atoms with Gasteiger partial charge in [0.05, 0.1) is 5.69 Å². The molecule has 0 saturated carbocycles. The maximum atomic E-state index is 13.6. The number of anilines is 1. The molecule has 3 amide bonds. The van der Waals surface area contributed by atoms with Crippen LogP contribution in [0.4, 0.5) is 19.3 Å². The van der Waals surface area contributed by atoms with Crippen molar-refractivity contribution in [2.75, 3.05) is 19.4 Å². The van der Waals surface area contributed by atoms with E-state index in [4.69, 9.17) is 0 Å². The van der Waals surface area contributed by atoms with Gasteiger partial charge in [-0.05, 0) is 17.7 Å². The number of amides is 3. The van der Waals surface area contributed by atoms with E-state index in [1.807, 2.05) is 30.3 Å². The van der Waals surface area contributed by atoms with Crippen LogP contribution in [0.15, 0.2) is 48.5 Å². The first-order valence-corrected chi connectivity index (χ1v) is 7.64. The molecular formula is C18H19F2N3O2. The summed E-state index contributed by atoms with van der Waals surface area (Å²) in [5.74, 6) is -1.93. The van der Waals surface area contributed by atoms with Crippen molar-refractivity contribution >= 4 is 17.6 Å². The molecule has 0 unspecified atom stereocenters. The van der Waals surface area contributed by atoms with Gasteiger partial charge in [-0.3, -0.25) is 4.79 Å². The van der Waals surface area contributed by atoms with E-state index in [0.29, 0.717) is 6.07 Å². The molecule has 1 atom stereocenters. The van der Waals surface area contributed by atoms with E-state index in [9.17, 15) is 18.4 Å². The minimum atomic E-state index is -0.895. The fourth-order valence-electron chi connectivity index (χ4n) is 2.27. The Morgan fingerprint density at radius 2 is 1.76 bits per heavy atom. The largest absolute Gasteiger partial charge is 0.347 e. The number of hydrogen-bond donors (Lipinski definition) is 2. The number of hydrogen-bond acceptors (Lipinski definition) is 2. The normalized spacial score (nSPS) is 11.5. The van der Waals surface area contributed by atoms with Crippen LogP contribution in [0.5, 0.6) is 0 Å². The predicted octanol–water partition coefficient (Wildman–Crippen LogP) is 2.79. The molecule has 0 aromatic heterocycles. The molecule has 7 heteroatoms. The lowest BCUT2D eigenvalue weighted by Crippen LogP contribution is -2.48. The second kappa shape index (κ2) is 8.23. The molecule has 5 nitrogen and oxygen atoms in total. The summed E-state index contributed by atoms with van der Waals surface area (Å²) in [5, 5.41) is 4.82. The summed E-state index contributed by atoms with van der Waals surface area (Å²) in [4.78, 5) is 25.8. The molecule has 2 N–H and O–H groups in total. The van der Waals surface area contributed by atoms with Gasteiger partial charge in [0.15, 0.2) is 0 Å². The highest BCUT2D eigenvalue weighted by Crippen LogP contribution is 2.15. The van der Waals surface area contributed by atoms with E-state index in [-0.39, 0.29) is 18.0 Å². The number of rotatable bonds is 5. The zero-order valence-electron chi connectivity index (χ0n) is 13.9. The van der Waals surface area contributed by atoms with Crippen LogP contribution < -0.4 is 10.6 Å². The summed E-state index contributed by atoms with van der Waals surface area (Å²) in [6.07, 6.45) is 0.289. The average Bonchev–Trinajstić information content (AvgIpc) is 2.57. The van der Waals surface area contributed by atoms with Gasteiger partial charge in [0.2, 0.25) is 5.91 Å². The van der Waals surface area contributed by atoms with Crippen molar-refractivity contribution in [3.8, 4) is 0 Å². The number of carbonyl (C=O) groups is 2. The molecular weight excluding hydrogens is 328 g/mol. The van der Waals surface area contributed by atoms with Gasteiger partial charge in [-0.1, -0.05) is 30.3 Å². The van der Waals surface area contributed by atoms with Gasteiger partial charge in [-0.15, -0.1) is 0 Å². The minimum absolute atomic E-state index is 0.172. The van der Waals surface area contributed by atoms with Crippen LogP contribution in [-0.4, -0.2) is 37.0 Å². The van der Waals surface area contributed by atoms with Gasteiger partial charge in [0, 0.05) is 26.6 Å². The van der Waals surface area contributed by atoms with Gasteiger partial charge >= 0.3 is 6.03 Å². The Morgan fingerprint density at radius 3 is 2.36 bits per heavy atom. The Kier molecular flexibility index (Phi) is 6.05. The third kappa shape index (κ3) is 5.27. The van der Waals surface area contributed by atoms with Gasteiger partial charge < -0.3 is 15.5 Å². The van der Waals surface area contributed by atoms with E-state index in [0.717, 1.165) is 17.7 Å². The summed E-state index contributed by atoms with van der Waals surface area (Å²) in [7, 11) is 3.17. The first kappa shape index (κ1) is 18.4. The van der Waals surface area contributed by atoms with Crippen LogP contribution in [0.3, 0.4) is 0 Å². The fraction of sp³-hybridized carbons (Fsp3) is 0.222. The molecule has 25 heavy (non-hydrogen) atoms. The number of likely N-dealkylation sites (N-methyl/N-ethyl adjacent to an activating group) is 1. The number of carbonyl (C=O) groups excluding carboxylic acids is 2. The quantitative estimate of drug-likeness (QED) is 0.874. The highest BCUT2D eigenvalue weighted by atomic mass is 19.1. The second-order valence-electron chi connectivity index (χ2n) is 5.70. The molecule has 132 valence electrons. The Morgan fingerprint density at radius 1 is 1.08 bits per heavy atom. The first-order chi connectivity index (χ1) is 11.9. The van der Waals surface area contributed by atoms with E-state index < -0.39 is 23.7 Å². The molecule has 0 saturated heterocycles. The summed E-state index contributed by atoms with van der Waals surface area (Å²) in [6, 6.07) is 10.5. The topological polar surface area (TPSA) is 61.4 Å². The third-order valence-electron chi connectivity index (χ3n) is 3.51. The zero-order valence-corrected chi connectivity index (χ0v) is 13.9. The van der Waals surface area contributed by atoms with Crippen LogP contribution in [0.1, 0.15) is 5.56 Å². The van der Waals surface area contributed by atoms with Crippen molar-refractivity contribution in [1.29, 1.82) is 0 Å². The van der Waals surface area contributed by atoms with Crippen molar-refractivity contribution in [1.82, 2.24) is 10.2 Å². The van der Waals surface area contributed by atoms with Crippen LogP contribution in [0.2, 0.25) is 0 Å². The van der Waals surface area contributed by atoms with Gasteiger partial charge in [0.1, 0.15) is 17.7 Å². The second-order valence-corrected chi connectivity index (χ2v) is 5.70. The van der Waals surface area contributed by atoms with E-state index >= 15 is 0 Å². The molecule has 2 rings (SSSR count). The van der Waals surface area contributed by atoms with Crippen molar-refractivity contribution in [2.24, 2.45) is 0 Å². The van der Waals surface area contributed by atoms with E-state index in [1.165, 1.54) is 4.90 Å². The van der Waals surface area contributed by atoms with Crippen molar-refractivity contribution in [3.63, 3.8) is 0 Å². The van der Waals surface area contributed by atoms with E-state index in [1.54, 1.807) is 14.1 Å². The summed E-state index contributed by atoms with van der Waals surface area (Å²) in [6.45, 7) is 0. The first-order valence-electron chi connectivity index (χ1n) is 7.64.